The molecule has 0 radical (unpaired) electrons. The van der Waals surface area contributed by atoms with Gasteiger partial charge in [-0.1, -0.05) is 19.1 Å². The van der Waals surface area contributed by atoms with Crippen molar-refractivity contribution in [3.63, 3.8) is 0 Å². The van der Waals surface area contributed by atoms with Crippen molar-refractivity contribution < 1.29 is 9.90 Å². The third kappa shape index (κ3) is 0.971. The van der Waals surface area contributed by atoms with Gasteiger partial charge in [-0.3, -0.25) is 4.79 Å². The van der Waals surface area contributed by atoms with Crippen molar-refractivity contribution in [1.29, 1.82) is 0 Å². The Morgan fingerprint density at radius 1 is 1.64 bits per heavy atom. The predicted molar refractivity (Wildman–Crippen MR) is 43.2 cm³/mol. The van der Waals surface area contributed by atoms with E-state index >= 15 is 0 Å². The molecule has 1 N–H and O–H groups in total. The van der Waals surface area contributed by atoms with E-state index in [0.29, 0.717) is 0 Å². The second-order valence-electron chi connectivity index (χ2n) is 3.43. The lowest BCUT2D eigenvalue weighted by atomic mass is 10.1. The average Bonchev–Trinajstić information content (AvgIpc) is 2.43. The molecule has 3 atom stereocenters. The van der Waals surface area contributed by atoms with Crippen molar-refractivity contribution in [3.05, 3.63) is 12.2 Å². The predicted octanol–water partition coefficient (Wildman–Crippen LogP) is 1.92. The molecule has 0 spiro atoms. The highest BCUT2D eigenvalue weighted by atomic mass is 16.4. The topological polar surface area (TPSA) is 37.3 Å². The number of hydrogen-bond donors (Lipinski definition) is 1. The molecule has 0 saturated heterocycles. The number of carboxylic acid groups (broad SMARTS) is 1. The highest BCUT2D eigenvalue weighted by molar-refractivity contribution is 5.79. The molecule has 0 aliphatic heterocycles. The zero-order valence-corrected chi connectivity index (χ0v) is 7.16. The molecule has 0 heterocycles. The fourth-order valence-corrected chi connectivity index (χ4v) is 1.68. The van der Waals surface area contributed by atoms with E-state index in [2.05, 4.69) is 0 Å². The number of allylic oxidation sites excluding steroid dienone is 2. The van der Waals surface area contributed by atoms with Crippen molar-refractivity contribution in [2.24, 2.45) is 17.3 Å². The number of rotatable bonds is 2. The second-order valence-corrected chi connectivity index (χ2v) is 3.43. The summed E-state index contributed by atoms with van der Waals surface area (Å²) in [7, 11) is 0. The van der Waals surface area contributed by atoms with Crippen molar-refractivity contribution in [2.45, 2.75) is 20.8 Å². The lowest BCUT2D eigenvalue weighted by Gasteiger charge is -2.00. The van der Waals surface area contributed by atoms with E-state index in [-0.39, 0.29) is 11.8 Å². The molecule has 1 aliphatic rings. The molecule has 0 amide bonds. The van der Waals surface area contributed by atoms with Gasteiger partial charge >= 0.3 is 5.97 Å². The van der Waals surface area contributed by atoms with Gasteiger partial charge in [0, 0.05) is 0 Å². The molecule has 1 rings (SSSR count). The fourth-order valence-electron chi connectivity index (χ4n) is 1.68. The number of hydrogen-bond acceptors (Lipinski definition) is 1. The summed E-state index contributed by atoms with van der Waals surface area (Å²) >= 11 is 0. The molecule has 0 aromatic heterocycles. The Balaban J connectivity index is 2.72. The molecular weight excluding hydrogens is 140 g/mol. The molecule has 3 unspecified atom stereocenters. The maximum absolute atomic E-state index is 10.7. The first-order chi connectivity index (χ1) is 5.05. The lowest BCUT2D eigenvalue weighted by molar-refractivity contribution is -0.143. The van der Waals surface area contributed by atoms with Crippen LogP contribution in [0.4, 0.5) is 0 Å². The molecule has 0 aromatic rings. The average molecular weight is 154 g/mol. The van der Waals surface area contributed by atoms with E-state index < -0.39 is 11.4 Å². The van der Waals surface area contributed by atoms with Crippen molar-refractivity contribution in [3.8, 4) is 0 Å². The summed E-state index contributed by atoms with van der Waals surface area (Å²) in [5.74, 6) is -0.144. The van der Waals surface area contributed by atoms with Gasteiger partial charge in [-0.15, -0.1) is 0 Å². The van der Waals surface area contributed by atoms with Gasteiger partial charge in [-0.2, -0.15) is 0 Å². The molecule has 1 aliphatic carbocycles. The summed E-state index contributed by atoms with van der Waals surface area (Å²) in [6, 6.07) is 0. The molecule has 11 heavy (non-hydrogen) atoms. The van der Waals surface area contributed by atoms with Gasteiger partial charge in [0.25, 0.3) is 0 Å². The standard InChI is InChI=1S/C9H14O2/c1-4-5-7-6(2)9(7,3)8(10)11/h4-7H,1-3H3,(H,10,11). The lowest BCUT2D eigenvalue weighted by Crippen LogP contribution is -2.13. The van der Waals surface area contributed by atoms with E-state index in [9.17, 15) is 4.79 Å². The number of carbonyl (C=O) groups is 1. The summed E-state index contributed by atoms with van der Waals surface area (Å²) in [5, 5.41) is 8.85. The fraction of sp³-hybridized carbons (Fsp3) is 0.667. The van der Waals surface area contributed by atoms with Crippen LogP contribution in [0.25, 0.3) is 0 Å². The molecule has 0 aromatic carbocycles. The molecule has 1 fully saturated rings. The summed E-state index contributed by atoms with van der Waals surface area (Å²) < 4.78 is 0. The minimum Gasteiger partial charge on any atom is -0.481 e. The number of carboxylic acids is 1. The van der Waals surface area contributed by atoms with Gasteiger partial charge in [-0.05, 0) is 25.7 Å². The molecule has 1 saturated carbocycles. The normalized spacial score (nSPS) is 42.8. The highest BCUT2D eigenvalue weighted by Crippen LogP contribution is 2.59. The molecule has 62 valence electrons. The smallest absolute Gasteiger partial charge is 0.310 e. The Morgan fingerprint density at radius 2 is 2.18 bits per heavy atom. The summed E-state index contributed by atoms with van der Waals surface area (Å²) in [6.45, 7) is 5.72. The van der Waals surface area contributed by atoms with Crippen LogP contribution in [0.2, 0.25) is 0 Å². The summed E-state index contributed by atoms with van der Waals surface area (Å²) in [4.78, 5) is 10.7. The van der Waals surface area contributed by atoms with Crippen LogP contribution in [0.1, 0.15) is 20.8 Å². The SMILES string of the molecule is CC=CC1C(C)C1(C)C(=O)O. The third-order valence-corrected chi connectivity index (χ3v) is 2.93. The number of aliphatic carboxylic acids is 1. The maximum Gasteiger partial charge on any atom is 0.310 e. The Kier molecular flexibility index (Phi) is 1.78. The molecule has 2 nitrogen and oxygen atoms in total. The van der Waals surface area contributed by atoms with Gasteiger partial charge in [0.05, 0.1) is 5.41 Å². The van der Waals surface area contributed by atoms with Gasteiger partial charge in [0.1, 0.15) is 0 Å². The minimum atomic E-state index is -0.673. The van der Waals surface area contributed by atoms with Crippen LogP contribution in [0, 0.1) is 17.3 Å². The van der Waals surface area contributed by atoms with Gasteiger partial charge in [-0.25, -0.2) is 0 Å². The molecular formula is C9H14O2. The maximum atomic E-state index is 10.7. The van der Waals surface area contributed by atoms with Crippen molar-refractivity contribution in [2.75, 3.05) is 0 Å². The van der Waals surface area contributed by atoms with E-state index in [1.54, 1.807) is 0 Å². The van der Waals surface area contributed by atoms with Gasteiger partial charge in [0.15, 0.2) is 0 Å². The summed E-state index contributed by atoms with van der Waals surface area (Å²) in [5.41, 5.74) is -0.494. The molecule has 2 heteroatoms. The third-order valence-electron chi connectivity index (χ3n) is 2.93. The summed E-state index contributed by atoms with van der Waals surface area (Å²) in [6.07, 6.45) is 3.91. The Morgan fingerprint density at radius 3 is 2.45 bits per heavy atom. The minimum absolute atomic E-state index is 0.241. The van der Waals surface area contributed by atoms with Gasteiger partial charge < -0.3 is 5.11 Å². The van der Waals surface area contributed by atoms with Crippen LogP contribution in [0.15, 0.2) is 12.2 Å². The second kappa shape index (κ2) is 2.36. The Bertz CT molecular complexity index is 208. The van der Waals surface area contributed by atoms with Crippen molar-refractivity contribution >= 4 is 5.97 Å². The van der Waals surface area contributed by atoms with E-state index in [0.717, 1.165) is 0 Å². The zero-order chi connectivity index (χ0) is 8.65. The van der Waals surface area contributed by atoms with Crippen LogP contribution < -0.4 is 0 Å². The highest BCUT2D eigenvalue weighted by Gasteiger charge is 2.62. The van der Waals surface area contributed by atoms with Crippen LogP contribution in [0.3, 0.4) is 0 Å². The van der Waals surface area contributed by atoms with E-state index in [1.807, 2.05) is 32.9 Å². The molecule has 0 bridgehead atoms. The largest absolute Gasteiger partial charge is 0.481 e. The van der Waals surface area contributed by atoms with Crippen LogP contribution in [-0.2, 0) is 4.79 Å². The monoisotopic (exact) mass is 154 g/mol. The van der Waals surface area contributed by atoms with E-state index in [4.69, 9.17) is 5.11 Å². The van der Waals surface area contributed by atoms with E-state index in [1.165, 1.54) is 0 Å². The first-order valence-corrected chi connectivity index (χ1v) is 3.91. The van der Waals surface area contributed by atoms with Crippen LogP contribution in [-0.4, -0.2) is 11.1 Å². The Hall–Kier alpha value is -0.790. The quantitative estimate of drug-likeness (QED) is 0.617. The first kappa shape index (κ1) is 8.31. The first-order valence-electron chi connectivity index (χ1n) is 3.91. The van der Waals surface area contributed by atoms with Crippen LogP contribution in [0.5, 0.6) is 0 Å². The van der Waals surface area contributed by atoms with Crippen LogP contribution >= 0.6 is 0 Å². The van der Waals surface area contributed by atoms with Gasteiger partial charge in [0.2, 0.25) is 0 Å². The van der Waals surface area contributed by atoms with Crippen molar-refractivity contribution in [1.82, 2.24) is 0 Å². The Labute approximate surface area is 66.9 Å². The zero-order valence-electron chi connectivity index (χ0n) is 7.16.